The van der Waals surface area contributed by atoms with E-state index in [1.807, 2.05) is 0 Å². The van der Waals surface area contributed by atoms with Crippen LogP contribution in [-0.2, 0) is 28.6 Å². The maximum absolute atomic E-state index is 12.4. The molecule has 4 rings (SSSR count). The molecule has 6 nitrogen and oxygen atoms in total. The van der Waals surface area contributed by atoms with Crippen LogP contribution in [0.5, 0.6) is 0 Å². The van der Waals surface area contributed by atoms with Gasteiger partial charge in [-0.25, -0.2) is 0 Å². The standard InChI is InChI=1S/C23H38O6S2/c1-6-15-10-11-16-19-17(12-14-22(15,16)2)23(3)13-8-7-9-18(23)20(28-30(4,24)25)21(19)29-31(5,26)27/h9,15-17,19-21H,6-8,10-14H2,1-5H3/t15-,16-,17-,19-,20-,21+,22+,23+/m0/s1. The first-order valence-corrected chi connectivity index (χ1v) is 15.4. The molecule has 0 heterocycles. The predicted molar refractivity (Wildman–Crippen MR) is 120 cm³/mol. The fraction of sp³-hybridized carbons (Fsp3) is 0.913. The highest BCUT2D eigenvalue weighted by Crippen LogP contribution is 2.67. The van der Waals surface area contributed by atoms with Crippen LogP contribution in [-0.4, -0.2) is 41.6 Å². The van der Waals surface area contributed by atoms with Gasteiger partial charge < -0.3 is 0 Å². The molecule has 0 unspecified atom stereocenters. The van der Waals surface area contributed by atoms with Gasteiger partial charge in [-0.2, -0.15) is 16.8 Å². The maximum Gasteiger partial charge on any atom is 0.265 e. The summed E-state index contributed by atoms with van der Waals surface area (Å²) in [6, 6.07) is 0. The molecule has 0 aromatic rings. The van der Waals surface area contributed by atoms with Crippen molar-refractivity contribution in [1.29, 1.82) is 0 Å². The lowest BCUT2D eigenvalue weighted by molar-refractivity contribution is -0.130. The number of hydrogen-bond donors (Lipinski definition) is 0. The summed E-state index contributed by atoms with van der Waals surface area (Å²) in [5, 5.41) is 0. The first-order chi connectivity index (χ1) is 14.3. The second-order valence-electron chi connectivity index (χ2n) is 11.0. The molecule has 0 aromatic carbocycles. The molecule has 0 amide bonds. The summed E-state index contributed by atoms with van der Waals surface area (Å²) in [5.74, 6) is 1.17. The molecule has 0 aliphatic heterocycles. The molecule has 178 valence electrons. The van der Waals surface area contributed by atoms with Crippen molar-refractivity contribution in [1.82, 2.24) is 0 Å². The van der Waals surface area contributed by atoms with Gasteiger partial charge in [0.15, 0.2) is 0 Å². The minimum absolute atomic E-state index is 0.0305. The van der Waals surface area contributed by atoms with E-state index in [4.69, 9.17) is 8.37 Å². The topological polar surface area (TPSA) is 86.7 Å². The Morgan fingerprint density at radius 1 is 0.968 bits per heavy atom. The molecular formula is C23H38O6S2. The first kappa shape index (κ1) is 23.7. The smallest absolute Gasteiger partial charge is 0.263 e. The lowest BCUT2D eigenvalue weighted by atomic mass is 9.45. The molecule has 0 saturated heterocycles. The fourth-order valence-electron chi connectivity index (χ4n) is 8.11. The van der Waals surface area contributed by atoms with Crippen molar-refractivity contribution in [3.05, 3.63) is 11.6 Å². The number of fused-ring (bicyclic) bond motifs is 5. The van der Waals surface area contributed by atoms with Crippen LogP contribution in [0, 0.1) is 34.5 Å². The summed E-state index contributed by atoms with van der Waals surface area (Å²) in [4.78, 5) is 0. The Morgan fingerprint density at radius 3 is 2.26 bits per heavy atom. The zero-order valence-electron chi connectivity index (χ0n) is 19.5. The van der Waals surface area contributed by atoms with Crippen molar-refractivity contribution < 1.29 is 25.2 Å². The van der Waals surface area contributed by atoms with Crippen LogP contribution in [0.15, 0.2) is 11.6 Å². The second kappa shape index (κ2) is 7.81. The van der Waals surface area contributed by atoms with Gasteiger partial charge in [0.25, 0.3) is 20.2 Å². The molecule has 0 bridgehead atoms. The lowest BCUT2D eigenvalue weighted by Gasteiger charge is -2.61. The summed E-state index contributed by atoms with van der Waals surface area (Å²) < 4.78 is 60.7. The second-order valence-corrected chi connectivity index (χ2v) is 14.2. The summed E-state index contributed by atoms with van der Waals surface area (Å²) in [5.41, 5.74) is 0.894. The summed E-state index contributed by atoms with van der Waals surface area (Å²) in [6.07, 6.45) is 10.9. The van der Waals surface area contributed by atoms with E-state index in [2.05, 4.69) is 26.8 Å². The zero-order chi connectivity index (χ0) is 22.8. The van der Waals surface area contributed by atoms with Crippen LogP contribution < -0.4 is 0 Å². The van der Waals surface area contributed by atoms with Gasteiger partial charge in [0.2, 0.25) is 0 Å². The Bertz CT molecular complexity index is 955. The molecule has 4 aliphatic carbocycles. The van der Waals surface area contributed by atoms with Gasteiger partial charge in [-0.15, -0.1) is 0 Å². The molecule has 31 heavy (non-hydrogen) atoms. The highest BCUT2D eigenvalue weighted by Gasteiger charge is 2.64. The quantitative estimate of drug-likeness (QED) is 0.437. The zero-order valence-corrected chi connectivity index (χ0v) is 21.1. The van der Waals surface area contributed by atoms with Crippen molar-refractivity contribution >= 4 is 20.2 Å². The third kappa shape index (κ3) is 4.04. The third-order valence-electron chi connectivity index (χ3n) is 9.31. The Labute approximate surface area is 188 Å². The van der Waals surface area contributed by atoms with Crippen molar-refractivity contribution in [2.24, 2.45) is 34.5 Å². The average molecular weight is 475 g/mol. The molecular weight excluding hydrogens is 436 g/mol. The molecule has 0 aromatic heterocycles. The molecule has 3 fully saturated rings. The van der Waals surface area contributed by atoms with E-state index in [1.165, 1.54) is 0 Å². The fourth-order valence-corrected chi connectivity index (χ4v) is 9.33. The molecule has 8 heteroatoms. The molecule has 0 N–H and O–H groups in total. The number of hydrogen-bond acceptors (Lipinski definition) is 6. The Morgan fingerprint density at radius 2 is 1.65 bits per heavy atom. The normalized spacial score (nSPS) is 45.4. The van der Waals surface area contributed by atoms with E-state index >= 15 is 0 Å². The summed E-state index contributed by atoms with van der Waals surface area (Å²) in [7, 11) is -7.59. The number of rotatable bonds is 5. The SMILES string of the molecule is CC[C@H]1CC[C@H]2[C@@H]3[C@@H](OS(C)(=O)=O)[C@@H](OS(C)(=O)=O)C4=CCCC[C@]4(C)[C@H]3CC[C@]12C. The van der Waals surface area contributed by atoms with Crippen molar-refractivity contribution in [3.63, 3.8) is 0 Å². The Hall–Kier alpha value is -0.440. The largest absolute Gasteiger partial charge is 0.265 e. The molecule has 4 aliphatic rings. The molecule has 0 radical (unpaired) electrons. The van der Waals surface area contributed by atoms with E-state index < -0.39 is 32.4 Å². The predicted octanol–water partition coefficient (Wildman–Crippen LogP) is 4.27. The van der Waals surface area contributed by atoms with Crippen molar-refractivity contribution in [2.45, 2.75) is 84.3 Å². The molecule has 0 spiro atoms. The van der Waals surface area contributed by atoms with Gasteiger partial charge in [0, 0.05) is 0 Å². The molecule has 8 atom stereocenters. The Kier molecular flexibility index (Phi) is 5.97. The van der Waals surface area contributed by atoms with E-state index in [1.54, 1.807) is 0 Å². The minimum atomic E-state index is -3.80. The van der Waals surface area contributed by atoms with Crippen LogP contribution in [0.3, 0.4) is 0 Å². The van der Waals surface area contributed by atoms with Crippen LogP contribution in [0.2, 0.25) is 0 Å². The molecule has 3 saturated carbocycles. The van der Waals surface area contributed by atoms with Gasteiger partial charge in [0.1, 0.15) is 12.2 Å². The third-order valence-corrected chi connectivity index (χ3v) is 10.4. The van der Waals surface area contributed by atoms with E-state index in [9.17, 15) is 16.8 Å². The van der Waals surface area contributed by atoms with Gasteiger partial charge in [-0.3, -0.25) is 8.37 Å². The Balaban J connectivity index is 1.87. The monoisotopic (exact) mass is 474 g/mol. The lowest BCUT2D eigenvalue weighted by Crippen LogP contribution is -2.61. The van der Waals surface area contributed by atoms with Crippen molar-refractivity contribution in [2.75, 3.05) is 12.5 Å². The average Bonchev–Trinajstić information content (AvgIpc) is 2.98. The first-order valence-electron chi connectivity index (χ1n) is 11.8. The maximum atomic E-state index is 12.4. The van der Waals surface area contributed by atoms with E-state index in [-0.39, 0.29) is 22.7 Å². The van der Waals surface area contributed by atoms with Crippen LogP contribution >= 0.6 is 0 Å². The number of allylic oxidation sites excluding steroid dienone is 1. The van der Waals surface area contributed by atoms with Gasteiger partial charge in [0.05, 0.1) is 12.5 Å². The highest BCUT2D eigenvalue weighted by atomic mass is 32.2. The van der Waals surface area contributed by atoms with Gasteiger partial charge in [-0.1, -0.05) is 33.3 Å². The van der Waals surface area contributed by atoms with Gasteiger partial charge in [-0.05, 0) is 85.0 Å². The van der Waals surface area contributed by atoms with Crippen LogP contribution in [0.4, 0.5) is 0 Å². The minimum Gasteiger partial charge on any atom is -0.263 e. The van der Waals surface area contributed by atoms with Crippen LogP contribution in [0.1, 0.15) is 72.1 Å². The van der Waals surface area contributed by atoms with E-state index in [0.717, 1.165) is 69.5 Å². The highest BCUT2D eigenvalue weighted by molar-refractivity contribution is 7.86. The van der Waals surface area contributed by atoms with Crippen LogP contribution in [0.25, 0.3) is 0 Å². The van der Waals surface area contributed by atoms with Gasteiger partial charge >= 0.3 is 0 Å². The van der Waals surface area contributed by atoms with Crippen molar-refractivity contribution in [3.8, 4) is 0 Å². The van der Waals surface area contributed by atoms with E-state index in [0.29, 0.717) is 11.8 Å². The summed E-state index contributed by atoms with van der Waals surface area (Å²) >= 11 is 0. The summed E-state index contributed by atoms with van der Waals surface area (Å²) in [6.45, 7) is 6.86.